The van der Waals surface area contributed by atoms with Crippen LogP contribution in [0.1, 0.15) is 17.5 Å². The molecule has 0 bridgehead atoms. The fourth-order valence-corrected chi connectivity index (χ4v) is 4.37. The van der Waals surface area contributed by atoms with Gasteiger partial charge in [0.1, 0.15) is 10.8 Å². The number of fused-ring (bicyclic) bond motifs is 2. The molecule has 3 aromatic rings. The molecule has 0 fully saturated rings. The second kappa shape index (κ2) is 7.61. The Morgan fingerprint density at radius 1 is 1.22 bits per heavy atom. The highest BCUT2D eigenvalue weighted by molar-refractivity contribution is 8.00. The molecular formula is C22H22N2O2S. The Balaban J connectivity index is 1.53. The van der Waals surface area contributed by atoms with Crippen molar-refractivity contribution < 1.29 is 9.53 Å². The van der Waals surface area contributed by atoms with Crippen molar-refractivity contribution in [2.45, 2.75) is 24.8 Å². The van der Waals surface area contributed by atoms with Gasteiger partial charge < -0.3 is 9.64 Å². The van der Waals surface area contributed by atoms with Crippen molar-refractivity contribution in [3.63, 3.8) is 0 Å². The highest BCUT2D eigenvalue weighted by Gasteiger charge is 2.22. The predicted molar refractivity (Wildman–Crippen MR) is 111 cm³/mol. The number of anilines is 1. The lowest BCUT2D eigenvalue weighted by Crippen LogP contribution is -2.36. The molecule has 4 nitrogen and oxygen atoms in total. The first-order valence-electron chi connectivity index (χ1n) is 9.12. The van der Waals surface area contributed by atoms with Crippen LogP contribution in [-0.4, -0.2) is 30.3 Å². The molecule has 1 aliphatic rings. The van der Waals surface area contributed by atoms with Gasteiger partial charge in [-0.25, -0.2) is 4.98 Å². The summed E-state index contributed by atoms with van der Waals surface area (Å²) in [4.78, 5) is 19.5. The van der Waals surface area contributed by atoms with Crippen molar-refractivity contribution >= 4 is 34.3 Å². The van der Waals surface area contributed by atoms with Crippen molar-refractivity contribution in [2.75, 3.05) is 24.3 Å². The van der Waals surface area contributed by atoms with Gasteiger partial charge >= 0.3 is 0 Å². The SMILES string of the molecule is COc1ccc2cc(C)c(SCC(=O)N3CCCc4ccccc43)nc2c1. The number of hydrogen-bond donors (Lipinski definition) is 0. The van der Waals surface area contributed by atoms with E-state index in [4.69, 9.17) is 9.72 Å². The molecular weight excluding hydrogens is 356 g/mol. The Kier molecular flexibility index (Phi) is 5.03. The molecule has 1 amide bonds. The first kappa shape index (κ1) is 17.9. The number of ether oxygens (including phenoxy) is 1. The van der Waals surface area contributed by atoms with Gasteiger partial charge in [0, 0.05) is 23.7 Å². The third kappa shape index (κ3) is 3.65. The van der Waals surface area contributed by atoms with Crippen LogP contribution in [0, 0.1) is 6.92 Å². The van der Waals surface area contributed by atoms with Gasteiger partial charge in [0.05, 0.1) is 18.4 Å². The summed E-state index contributed by atoms with van der Waals surface area (Å²) in [5.41, 5.74) is 4.29. The maximum absolute atomic E-state index is 12.9. The molecule has 0 unspecified atom stereocenters. The minimum absolute atomic E-state index is 0.138. The number of thioether (sulfide) groups is 1. The number of amides is 1. The molecule has 0 N–H and O–H groups in total. The summed E-state index contributed by atoms with van der Waals surface area (Å²) in [6, 6.07) is 16.2. The summed E-state index contributed by atoms with van der Waals surface area (Å²) in [7, 11) is 1.65. The number of nitrogens with zero attached hydrogens (tertiary/aromatic N) is 2. The normalized spacial score (nSPS) is 13.5. The second-order valence-electron chi connectivity index (χ2n) is 6.74. The maximum atomic E-state index is 12.9. The highest BCUT2D eigenvalue weighted by atomic mass is 32.2. The first-order chi connectivity index (χ1) is 13.2. The van der Waals surface area contributed by atoms with Crippen LogP contribution in [0.3, 0.4) is 0 Å². The Labute approximate surface area is 163 Å². The molecule has 1 aliphatic heterocycles. The largest absolute Gasteiger partial charge is 0.497 e. The minimum atomic E-state index is 0.138. The number of methoxy groups -OCH3 is 1. The highest BCUT2D eigenvalue weighted by Crippen LogP contribution is 2.30. The summed E-state index contributed by atoms with van der Waals surface area (Å²) in [5, 5.41) is 1.98. The third-order valence-corrected chi connectivity index (χ3v) is 5.99. The van der Waals surface area contributed by atoms with Crippen LogP contribution in [0.15, 0.2) is 53.6 Å². The Morgan fingerprint density at radius 2 is 2.07 bits per heavy atom. The van der Waals surface area contributed by atoms with Crippen molar-refractivity contribution in [2.24, 2.45) is 0 Å². The van der Waals surface area contributed by atoms with Crippen LogP contribution in [-0.2, 0) is 11.2 Å². The standard InChI is InChI=1S/C22H22N2O2S/c1-15-12-17-9-10-18(26-2)13-19(17)23-22(15)27-14-21(25)24-11-5-7-16-6-3-4-8-20(16)24/h3-4,6,8-10,12-13H,5,7,11,14H2,1-2H3. The van der Waals surface area contributed by atoms with Crippen LogP contribution >= 0.6 is 11.8 Å². The van der Waals surface area contributed by atoms with Gasteiger partial charge in [0.15, 0.2) is 0 Å². The van der Waals surface area contributed by atoms with Crippen molar-refractivity contribution in [1.29, 1.82) is 0 Å². The summed E-state index contributed by atoms with van der Waals surface area (Å²) in [6.07, 6.45) is 2.06. The van der Waals surface area contributed by atoms with E-state index in [1.807, 2.05) is 48.2 Å². The number of rotatable bonds is 4. The van der Waals surface area contributed by atoms with Gasteiger partial charge in [-0.2, -0.15) is 0 Å². The van der Waals surface area contributed by atoms with E-state index in [2.05, 4.69) is 12.1 Å². The average Bonchev–Trinajstić information content (AvgIpc) is 2.71. The Morgan fingerprint density at radius 3 is 2.93 bits per heavy atom. The molecule has 0 saturated carbocycles. The number of carbonyl (C=O) groups is 1. The third-order valence-electron chi connectivity index (χ3n) is 4.91. The molecule has 0 spiro atoms. The molecule has 4 rings (SSSR count). The molecule has 1 aromatic heterocycles. The number of hydrogen-bond acceptors (Lipinski definition) is 4. The monoisotopic (exact) mass is 378 g/mol. The number of pyridine rings is 1. The fraction of sp³-hybridized carbons (Fsp3) is 0.273. The van der Waals surface area contributed by atoms with Crippen LogP contribution in [0.2, 0.25) is 0 Å². The van der Waals surface area contributed by atoms with Crippen LogP contribution < -0.4 is 9.64 Å². The second-order valence-corrected chi connectivity index (χ2v) is 7.70. The van der Waals surface area contributed by atoms with Gasteiger partial charge in [0.25, 0.3) is 0 Å². The van der Waals surface area contributed by atoms with E-state index >= 15 is 0 Å². The van der Waals surface area contributed by atoms with E-state index in [0.717, 1.165) is 52.3 Å². The topological polar surface area (TPSA) is 42.4 Å². The van der Waals surface area contributed by atoms with E-state index < -0.39 is 0 Å². The number of aromatic nitrogens is 1. The van der Waals surface area contributed by atoms with E-state index in [9.17, 15) is 4.79 Å². The molecule has 0 radical (unpaired) electrons. The first-order valence-corrected chi connectivity index (χ1v) is 10.1. The quantitative estimate of drug-likeness (QED) is 0.621. The van der Waals surface area contributed by atoms with Gasteiger partial charge in [-0.15, -0.1) is 0 Å². The lowest BCUT2D eigenvalue weighted by atomic mass is 10.0. The van der Waals surface area contributed by atoms with Crippen LogP contribution in [0.25, 0.3) is 10.9 Å². The van der Waals surface area contributed by atoms with Crippen LogP contribution in [0.5, 0.6) is 5.75 Å². The molecule has 0 saturated heterocycles. The zero-order valence-electron chi connectivity index (χ0n) is 15.6. The fourth-order valence-electron chi connectivity index (χ4n) is 3.51. The zero-order valence-corrected chi connectivity index (χ0v) is 16.4. The van der Waals surface area contributed by atoms with E-state index in [-0.39, 0.29) is 5.91 Å². The number of para-hydroxylation sites is 1. The van der Waals surface area contributed by atoms with Crippen LogP contribution in [0.4, 0.5) is 5.69 Å². The van der Waals surface area contributed by atoms with Gasteiger partial charge in [-0.05, 0) is 55.2 Å². The minimum Gasteiger partial charge on any atom is -0.497 e. The summed E-state index contributed by atoms with van der Waals surface area (Å²) in [5.74, 6) is 1.31. The van der Waals surface area contributed by atoms with Gasteiger partial charge in [-0.1, -0.05) is 30.0 Å². The number of benzene rings is 2. The lowest BCUT2D eigenvalue weighted by Gasteiger charge is -2.29. The molecule has 2 aromatic carbocycles. The summed E-state index contributed by atoms with van der Waals surface area (Å²) in [6.45, 7) is 2.83. The van der Waals surface area contributed by atoms with E-state index in [0.29, 0.717) is 5.75 Å². The smallest absolute Gasteiger partial charge is 0.237 e. The lowest BCUT2D eigenvalue weighted by molar-refractivity contribution is -0.116. The molecule has 2 heterocycles. The average molecular weight is 378 g/mol. The van der Waals surface area contributed by atoms with Crippen molar-refractivity contribution in [1.82, 2.24) is 4.98 Å². The molecule has 0 aliphatic carbocycles. The van der Waals surface area contributed by atoms with Crippen molar-refractivity contribution in [3.05, 3.63) is 59.7 Å². The van der Waals surface area contributed by atoms with E-state index in [1.54, 1.807) is 7.11 Å². The summed E-state index contributed by atoms with van der Waals surface area (Å²) >= 11 is 1.51. The number of aryl methyl sites for hydroxylation is 2. The van der Waals surface area contributed by atoms with Crippen molar-refractivity contribution in [3.8, 4) is 5.75 Å². The Bertz CT molecular complexity index is 1000. The summed E-state index contributed by atoms with van der Waals surface area (Å²) < 4.78 is 5.30. The molecule has 27 heavy (non-hydrogen) atoms. The molecule has 138 valence electrons. The van der Waals surface area contributed by atoms with Gasteiger partial charge in [0.2, 0.25) is 5.91 Å². The Hall–Kier alpha value is -2.53. The number of carbonyl (C=O) groups excluding carboxylic acids is 1. The van der Waals surface area contributed by atoms with Gasteiger partial charge in [-0.3, -0.25) is 4.79 Å². The zero-order chi connectivity index (χ0) is 18.8. The predicted octanol–water partition coefficient (Wildman–Crippen LogP) is 4.62. The maximum Gasteiger partial charge on any atom is 0.237 e. The van der Waals surface area contributed by atoms with E-state index in [1.165, 1.54) is 17.3 Å². The molecule has 0 atom stereocenters. The molecule has 5 heteroatoms.